The molecule has 0 heterocycles. The molecule has 0 bridgehead atoms. The van der Waals surface area contributed by atoms with Gasteiger partial charge in [0.1, 0.15) is 6.04 Å². The molecule has 2 aromatic carbocycles. The van der Waals surface area contributed by atoms with Gasteiger partial charge in [0, 0.05) is 5.92 Å². The SMILES string of the molecule is CC(=O)C(NC(=O)C(C)CC(=O)O)[C@H](OC(=O)Cc1cccc2ccccc12)C(=O)O. The van der Waals surface area contributed by atoms with E-state index in [1.165, 1.54) is 6.92 Å². The van der Waals surface area contributed by atoms with Crippen LogP contribution in [0, 0.1) is 5.92 Å². The largest absolute Gasteiger partial charge is 0.481 e. The average Bonchev–Trinajstić information content (AvgIpc) is 2.69. The Kier molecular flexibility index (Phi) is 7.84. The van der Waals surface area contributed by atoms with E-state index in [0.717, 1.165) is 17.7 Å². The van der Waals surface area contributed by atoms with Gasteiger partial charge in [-0.2, -0.15) is 0 Å². The molecule has 2 rings (SSSR count). The molecular weight excluding hydrogens is 406 g/mol. The summed E-state index contributed by atoms with van der Waals surface area (Å²) in [5, 5.41) is 22.2. The molecule has 1 amide bonds. The summed E-state index contributed by atoms with van der Waals surface area (Å²) in [4.78, 5) is 59.1. The van der Waals surface area contributed by atoms with Crippen LogP contribution in [0.3, 0.4) is 0 Å². The minimum absolute atomic E-state index is 0.237. The highest BCUT2D eigenvalue weighted by atomic mass is 16.6. The number of carboxylic acid groups (broad SMARTS) is 2. The lowest BCUT2D eigenvalue weighted by molar-refractivity contribution is -0.167. The fourth-order valence-corrected chi connectivity index (χ4v) is 3.09. The van der Waals surface area contributed by atoms with Crippen molar-refractivity contribution in [3.05, 3.63) is 48.0 Å². The number of benzene rings is 2. The summed E-state index contributed by atoms with van der Waals surface area (Å²) in [5.74, 6) is -6.32. The number of hydrogen-bond acceptors (Lipinski definition) is 6. The van der Waals surface area contributed by atoms with E-state index in [4.69, 9.17) is 9.84 Å². The van der Waals surface area contributed by atoms with Crippen molar-refractivity contribution < 1.29 is 38.9 Å². The van der Waals surface area contributed by atoms with Crippen LogP contribution in [0.1, 0.15) is 25.8 Å². The molecule has 3 atom stereocenters. The van der Waals surface area contributed by atoms with Gasteiger partial charge >= 0.3 is 17.9 Å². The lowest BCUT2D eigenvalue weighted by Gasteiger charge is -2.24. The van der Waals surface area contributed by atoms with E-state index in [1.807, 2.05) is 24.3 Å². The van der Waals surface area contributed by atoms with Gasteiger partial charge in [0.15, 0.2) is 5.78 Å². The van der Waals surface area contributed by atoms with Gasteiger partial charge in [-0.05, 0) is 23.3 Å². The Labute approximate surface area is 178 Å². The van der Waals surface area contributed by atoms with Crippen LogP contribution in [0.2, 0.25) is 0 Å². The van der Waals surface area contributed by atoms with Crippen molar-refractivity contribution in [1.82, 2.24) is 5.32 Å². The molecule has 0 saturated carbocycles. The van der Waals surface area contributed by atoms with Crippen molar-refractivity contribution in [3.63, 3.8) is 0 Å². The first-order valence-corrected chi connectivity index (χ1v) is 9.51. The van der Waals surface area contributed by atoms with Gasteiger partial charge in [-0.3, -0.25) is 19.2 Å². The number of carbonyl (C=O) groups excluding carboxylic acids is 3. The van der Waals surface area contributed by atoms with Crippen molar-refractivity contribution in [2.75, 3.05) is 0 Å². The van der Waals surface area contributed by atoms with Gasteiger partial charge in [-0.1, -0.05) is 49.4 Å². The topological polar surface area (TPSA) is 147 Å². The molecule has 31 heavy (non-hydrogen) atoms. The van der Waals surface area contributed by atoms with E-state index < -0.39 is 54.1 Å². The molecule has 3 N–H and O–H groups in total. The first-order chi connectivity index (χ1) is 14.6. The molecule has 0 aliphatic carbocycles. The van der Waals surface area contributed by atoms with Gasteiger partial charge in [0.2, 0.25) is 12.0 Å². The Morgan fingerprint density at radius 2 is 1.65 bits per heavy atom. The number of rotatable bonds is 10. The van der Waals surface area contributed by atoms with Gasteiger partial charge in [0.25, 0.3) is 0 Å². The summed E-state index contributed by atoms with van der Waals surface area (Å²) in [6.45, 7) is 2.37. The highest BCUT2D eigenvalue weighted by molar-refractivity contribution is 5.95. The van der Waals surface area contributed by atoms with Crippen LogP contribution in [0.25, 0.3) is 10.8 Å². The smallest absolute Gasteiger partial charge is 0.347 e. The lowest BCUT2D eigenvalue weighted by atomic mass is 10.0. The first kappa shape index (κ1) is 23.5. The van der Waals surface area contributed by atoms with Crippen LogP contribution in [0.15, 0.2) is 42.5 Å². The predicted octanol–water partition coefficient (Wildman–Crippen LogP) is 1.56. The average molecular weight is 429 g/mol. The number of aliphatic carboxylic acids is 2. The fourth-order valence-electron chi connectivity index (χ4n) is 3.09. The Balaban J connectivity index is 2.17. The zero-order valence-corrected chi connectivity index (χ0v) is 17.0. The monoisotopic (exact) mass is 429 g/mol. The maximum absolute atomic E-state index is 12.5. The van der Waals surface area contributed by atoms with Crippen LogP contribution >= 0.6 is 0 Å². The molecule has 2 aromatic rings. The van der Waals surface area contributed by atoms with Crippen LogP contribution in [0.5, 0.6) is 0 Å². The normalized spacial score (nSPS) is 13.6. The predicted molar refractivity (Wildman–Crippen MR) is 109 cm³/mol. The van der Waals surface area contributed by atoms with Crippen molar-refractivity contribution in [2.24, 2.45) is 5.92 Å². The van der Waals surface area contributed by atoms with E-state index in [-0.39, 0.29) is 6.42 Å². The van der Waals surface area contributed by atoms with E-state index in [2.05, 4.69) is 5.32 Å². The van der Waals surface area contributed by atoms with Crippen LogP contribution in [0.4, 0.5) is 0 Å². The molecule has 9 heteroatoms. The highest BCUT2D eigenvalue weighted by Crippen LogP contribution is 2.19. The summed E-state index contributed by atoms with van der Waals surface area (Å²) in [6, 6.07) is 11.0. The Morgan fingerprint density at radius 1 is 1.00 bits per heavy atom. The van der Waals surface area contributed by atoms with Crippen LogP contribution in [-0.2, 0) is 35.1 Å². The van der Waals surface area contributed by atoms with Crippen molar-refractivity contribution >= 4 is 40.4 Å². The summed E-state index contributed by atoms with van der Waals surface area (Å²) in [7, 11) is 0. The Hall–Kier alpha value is -3.75. The van der Waals surface area contributed by atoms with E-state index in [1.54, 1.807) is 18.2 Å². The molecule has 9 nitrogen and oxygen atoms in total. The van der Waals surface area contributed by atoms with E-state index in [9.17, 15) is 29.1 Å². The van der Waals surface area contributed by atoms with Crippen LogP contribution < -0.4 is 5.32 Å². The Morgan fingerprint density at radius 3 is 2.26 bits per heavy atom. The number of carboxylic acids is 2. The maximum Gasteiger partial charge on any atom is 0.347 e. The van der Waals surface area contributed by atoms with Gasteiger partial charge < -0.3 is 20.3 Å². The molecule has 2 unspecified atom stereocenters. The minimum Gasteiger partial charge on any atom is -0.481 e. The summed E-state index contributed by atoms with van der Waals surface area (Å²) >= 11 is 0. The second-order valence-electron chi connectivity index (χ2n) is 7.16. The zero-order valence-electron chi connectivity index (χ0n) is 17.0. The second kappa shape index (κ2) is 10.3. The van der Waals surface area contributed by atoms with Crippen molar-refractivity contribution in [1.29, 1.82) is 0 Å². The fraction of sp³-hybridized carbons (Fsp3) is 0.318. The maximum atomic E-state index is 12.5. The highest BCUT2D eigenvalue weighted by Gasteiger charge is 2.37. The summed E-state index contributed by atoms with van der Waals surface area (Å²) < 4.78 is 5.06. The number of Topliss-reactive ketones (excluding diaryl/α,β-unsaturated/α-hetero) is 1. The third kappa shape index (κ3) is 6.36. The van der Waals surface area contributed by atoms with E-state index in [0.29, 0.717) is 5.56 Å². The summed E-state index contributed by atoms with van der Waals surface area (Å²) in [6.07, 6.45) is -2.70. The van der Waals surface area contributed by atoms with Crippen molar-refractivity contribution in [3.8, 4) is 0 Å². The molecule has 0 fully saturated rings. The molecule has 0 saturated heterocycles. The number of ether oxygens (including phenoxy) is 1. The number of amides is 1. The number of hydrogen-bond donors (Lipinski definition) is 3. The van der Waals surface area contributed by atoms with Gasteiger partial charge in [-0.25, -0.2) is 4.79 Å². The molecule has 0 aliphatic heterocycles. The Bertz CT molecular complexity index is 1010. The minimum atomic E-state index is -1.96. The zero-order chi connectivity index (χ0) is 23.1. The standard InChI is InChI=1S/C22H23NO8/c1-12(10-17(25)26)21(28)23-19(13(2)24)20(22(29)30)31-18(27)11-15-8-5-7-14-6-3-4-9-16(14)15/h3-9,12,19-20H,10-11H2,1-2H3,(H,23,28)(H,25,26)(H,29,30)/t12?,19?,20-/m0/s1. The van der Waals surface area contributed by atoms with Gasteiger partial charge in [0.05, 0.1) is 12.8 Å². The lowest BCUT2D eigenvalue weighted by Crippen LogP contribution is -2.54. The van der Waals surface area contributed by atoms with E-state index >= 15 is 0 Å². The first-order valence-electron chi connectivity index (χ1n) is 9.51. The molecule has 0 aliphatic rings. The van der Waals surface area contributed by atoms with Crippen LogP contribution in [-0.4, -0.2) is 52.0 Å². The number of carbonyl (C=O) groups is 5. The van der Waals surface area contributed by atoms with Crippen molar-refractivity contribution in [2.45, 2.75) is 38.8 Å². The number of ketones is 1. The quantitative estimate of drug-likeness (QED) is 0.482. The molecular formula is C22H23NO8. The molecule has 0 spiro atoms. The van der Waals surface area contributed by atoms with Gasteiger partial charge in [-0.15, -0.1) is 0 Å². The third-order valence-corrected chi connectivity index (χ3v) is 4.68. The molecule has 164 valence electrons. The number of fused-ring (bicyclic) bond motifs is 1. The second-order valence-corrected chi connectivity index (χ2v) is 7.16. The number of nitrogens with one attached hydrogen (secondary N) is 1. The molecule has 0 aromatic heterocycles. The number of esters is 1. The third-order valence-electron chi connectivity index (χ3n) is 4.68. The summed E-state index contributed by atoms with van der Waals surface area (Å²) in [5.41, 5.74) is 0.616. The molecule has 0 radical (unpaired) electrons.